The Morgan fingerprint density at radius 1 is 0.760 bits per heavy atom. The maximum absolute atomic E-state index is 9.26. The Morgan fingerprint density at radius 3 is 1.44 bits per heavy atom. The summed E-state index contributed by atoms with van der Waals surface area (Å²) >= 11 is 4.66. The zero-order chi connectivity index (χ0) is 17.5. The number of hydrogen-bond acceptors (Lipinski definition) is 3. The van der Waals surface area contributed by atoms with Gasteiger partial charge in [0.2, 0.25) is 10.7 Å². The van der Waals surface area contributed by atoms with E-state index < -0.39 is 5.60 Å². The zero-order valence-electron chi connectivity index (χ0n) is 13.4. The molecular weight excluding hydrogens is 330 g/mol. The van der Waals surface area contributed by atoms with Gasteiger partial charge in [0.25, 0.3) is 0 Å². The number of oxime groups is 1. The monoisotopic (exact) mass is 347 g/mol. The molecule has 3 aromatic carbocycles. The van der Waals surface area contributed by atoms with E-state index >= 15 is 0 Å². The highest BCUT2D eigenvalue weighted by Gasteiger charge is 2.39. The lowest BCUT2D eigenvalue weighted by atomic mass is 9.80. The lowest BCUT2D eigenvalue weighted by molar-refractivity contribution is 0.0185. The standard InChI is InChI=1S/C21H17NO2S/c23-20(25)16-22-24-21(17-10-4-1-5-11-17,18-12-6-2-7-13-18)19-14-8-3-9-15-19/h1-16H,(H,23,25). The van der Waals surface area contributed by atoms with Crippen molar-refractivity contribution in [2.75, 3.05) is 0 Å². The number of rotatable bonds is 6. The fourth-order valence-corrected chi connectivity index (χ4v) is 2.87. The van der Waals surface area contributed by atoms with E-state index in [1.807, 2.05) is 91.0 Å². The number of thiocarbonyl (C=S) groups is 1. The topological polar surface area (TPSA) is 41.8 Å². The second kappa shape index (κ2) is 7.73. The van der Waals surface area contributed by atoms with Crippen molar-refractivity contribution in [1.29, 1.82) is 0 Å². The van der Waals surface area contributed by atoms with E-state index in [0.29, 0.717) is 0 Å². The van der Waals surface area contributed by atoms with E-state index in [2.05, 4.69) is 17.4 Å². The predicted octanol–water partition coefficient (Wildman–Crippen LogP) is 4.87. The summed E-state index contributed by atoms with van der Waals surface area (Å²) in [5.74, 6) is 0. The van der Waals surface area contributed by atoms with Gasteiger partial charge in [0.15, 0.2) is 0 Å². The minimum Gasteiger partial charge on any atom is -0.498 e. The van der Waals surface area contributed by atoms with Crippen LogP contribution in [0.25, 0.3) is 0 Å². The number of hydrogen-bond donors (Lipinski definition) is 1. The molecule has 0 aliphatic heterocycles. The van der Waals surface area contributed by atoms with E-state index in [4.69, 9.17) is 4.84 Å². The first-order valence-corrected chi connectivity index (χ1v) is 8.25. The predicted molar refractivity (Wildman–Crippen MR) is 104 cm³/mol. The molecule has 0 saturated heterocycles. The molecule has 25 heavy (non-hydrogen) atoms. The largest absolute Gasteiger partial charge is 0.498 e. The van der Waals surface area contributed by atoms with Crippen molar-refractivity contribution in [3.8, 4) is 0 Å². The van der Waals surface area contributed by atoms with Crippen molar-refractivity contribution >= 4 is 23.5 Å². The van der Waals surface area contributed by atoms with E-state index in [1.165, 1.54) is 0 Å². The van der Waals surface area contributed by atoms with Crippen LogP contribution in [-0.2, 0) is 10.4 Å². The Hall–Kier alpha value is -2.98. The molecule has 0 aliphatic rings. The summed E-state index contributed by atoms with van der Waals surface area (Å²) in [6, 6.07) is 29.6. The van der Waals surface area contributed by atoms with Crippen molar-refractivity contribution in [2.24, 2.45) is 5.16 Å². The highest BCUT2D eigenvalue weighted by molar-refractivity contribution is 7.81. The van der Waals surface area contributed by atoms with Crippen LogP contribution in [0.1, 0.15) is 16.7 Å². The molecule has 0 unspecified atom stereocenters. The number of aliphatic hydroxyl groups is 1. The molecule has 0 radical (unpaired) electrons. The SMILES string of the molecule is OC(=S)C=NOC(c1ccccc1)(c1ccccc1)c1ccccc1. The Balaban J connectivity index is 2.25. The lowest BCUT2D eigenvalue weighted by Crippen LogP contribution is -2.31. The molecule has 1 N–H and O–H groups in total. The smallest absolute Gasteiger partial charge is 0.212 e. The second-order valence-electron chi connectivity index (χ2n) is 5.44. The van der Waals surface area contributed by atoms with Crippen LogP contribution in [0, 0.1) is 0 Å². The van der Waals surface area contributed by atoms with Gasteiger partial charge in [-0.15, -0.1) is 0 Å². The Bertz CT molecular complexity index is 752. The average molecular weight is 347 g/mol. The van der Waals surface area contributed by atoms with Gasteiger partial charge in [-0.2, -0.15) is 0 Å². The second-order valence-corrected chi connectivity index (χ2v) is 5.86. The normalized spacial score (nSPS) is 11.4. The van der Waals surface area contributed by atoms with Gasteiger partial charge in [-0.3, -0.25) is 0 Å². The molecule has 0 heterocycles. The van der Waals surface area contributed by atoms with Crippen molar-refractivity contribution < 1.29 is 9.94 Å². The minimum absolute atomic E-state index is 0.330. The summed E-state index contributed by atoms with van der Waals surface area (Å²) in [4.78, 5) is 6.02. The molecule has 3 nitrogen and oxygen atoms in total. The van der Waals surface area contributed by atoms with E-state index in [1.54, 1.807) is 0 Å². The van der Waals surface area contributed by atoms with Gasteiger partial charge in [-0.1, -0.05) is 96.2 Å². The van der Waals surface area contributed by atoms with Gasteiger partial charge < -0.3 is 9.94 Å². The lowest BCUT2D eigenvalue weighted by Gasteiger charge is -2.33. The maximum atomic E-state index is 9.26. The molecule has 124 valence electrons. The molecule has 0 fully saturated rings. The van der Waals surface area contributed by atoms with E-state index in [9.17, 15) is 5.11 Å². The van der Waals surface area contributed by atoms with Crippen LogP contribution < -0.4 is 0 Å². The van der Waals surface area contributed by atoms with Gasteiger partial charge >= 0.3 is 0 Å². The highest BCUT2D eigenvalue weighted by atomic mass is 32.1. The van der Waals surface area contributed by atoms with Gasteiger partial charge in [0.05, 0.1) is 0 Å². The molecule has 3 aromatic rings. The third kappa shape index (κ3) is 3.59. The van der Waals surface area contributed by atoms with Crippen molar-refractivity contribution in [2.45, 2.75) is 5.60 Å². The summed E-state index contributed by atoms with van der Waals surface area (Å²) in [6.45, 7) is 0. The van der Waals surface area contributed by atoms with Crippen LogP contribution in [0.4, 0.5) is 0 Å². The van der Waals surface area contributed by atoms with E-state index in [-0.39, 0.29) is 5.05 Å². The van der Waals surface area contributed by atoms with Crippen LogP contribution in [0.5, 0.6) is 0 Å². The first-order chi connectivity index (χ1) is 12.2. The molecule has 0 aliphatic carbocycles. The third-order valence-corrected chi connectivity index (χ3v) is 4.00. The van der Waals surface area contributed by atoms with Crippen molar-refractivity contribution in [1.82, 2.24) is 0 Å². The summed E-state index contributed by atoms with van der Waals surface area (Å²) in [5.41, 5.74) is 1.82. The molecule has 0 aromatic heterocycles. The molecule has 4 heteroatoms. The molecule has 0 atom stereocenters. The zero-order valence-corrected chi connectivity index (χ0v) is 14.3. The number of benzene rings is 3. The average Bonchev–Trinajstić information content (AvgIpc) is 2.67. The molecular formula is C21H17NO2S. The van der Waals surface area contributed by atoms with Crippen LogP contribution in [0.3, 0.4) is 0 Å². The first kappa shape index (κ1) is 16.9. The quantitative estimate of drug-likeness (QED) is 0.299. The van der Waals surface area contributed by atoms with Crippen LogP contribution in [0.2, 0.25) is 0 Å². The van der Waals surface area contributed by atoms with Crippen molar-refractivity contribution in [3.63, 3.8) is 0 Å². The summed E-state index contributed by atoms with van der Waals surface area (Å²) in [5, 5.41) is 12.9. The fourth-order valence-electron chi connectivity index (χ4n) is 2.83. The van der Waals surface area contributed by atoms with Crippen LogP contribution in [0.15, 0.2) is 96.2 Å². The Labute approximate surface area is 152 Å². The Morgan fingerprint density at radius 2 is 1.12 bits per heavy atom. The maximum Gasteiger partial charge on any atom is 0.212 e. The fraction of sp³-hybridized carbons (Fsp3) is 0.0476. The number of aliphatic hydroxyl groups excluding tert-OH is 1. The van der Waals surface area contributed by atoms with Crippen molar-refractivity contribution in [3.05, 3.63) is 108 Å². The third-order valence-electron chi connectivity index (χ3n) is 3.89. The van der Waals surface area contributed by atoms with Gasteiger partial charge in [-0.05, 0) is 12.2 Å². The summed E-state index contributed by atoms with van der Waals surface area (Å²) < 4.78 is 0. The molecule has 0 amide bonds. The van der Waals surface area contributed by atoms with E-state index in [0.717, 1.165) is 22.9 Å². The van der Waals surface area contributed by atoms with Gasteiger partial charge in [-0.25, -0.2) is 0 Å². The molecule has 0 saturated carbocycles. The summed E-state index contributed by atoms with van der Waals surface area (Å²) in [6.07, 6.45) is 1.12. The first-order valence-electron chi connectivity index (χ1n) is 7.84. The van der Waals surface area contributed by atoms with Crippen LogP contribution >= 0.6 is 12.2 Å². The molecule has 0 bridgehead atoms. The van der Waals surface area contributed by atoms with Gasteiger partial charge in [0, 0.05) is 16.7 Å². The minimum atomic E-state index is -0.953. The van der Waals surface area contributed by atoms with Crippen LogP contribution in [-0.4, -0.2) is 16.4 Å². The Kier molecular flexibility index (Phi) is 5.21. The summed E-state index contributed by atoms with van der Waals surface area (Å²) in [7, 11) is 0. The molecule has 3 rings (SSSR count). The molecule has 0 spiro atoms. The number of nitrogens with zero attached hydrogens (tertiary/aromatic N) is 1. The highest BCUT2D eigenvalue weighted by Crippen LogP contribution is 2.40. The van der Waals surface area contributed by atoms with Gasteiger partial charge in [0.1, 0.15) is 6.21 Å².